The summed E-state index contributed by atoms with van der Waals surface area (Å²) >= 11 is 1.32. The maximum absolute atomic E-state index is 12.2. The van der Waals surface area contributed by atoms with Gasteiger partial charge in [0.1, 0.15) is 0 Å². The summed E-state index contributed by atoms with van der Waals surface area (Å²) < 4.78 is 28.4. The van der Waals surface area contributed by atoms with E-state index in [1.165, 1.54) is 23.9 Å². The molecule has 3 rings (SSSR count). The van der Waals surface area contributed by atoms with E-state index in [-0.39, 0.29) is 5.03 Å². The van der Waals surface area contributed by atoms with E-state index in [1.807, 2.05) is 30.3 Å². The molecule has 0 aliphatic carbocycles. The van der Waals surface area contributed by atoms with Crippen molar-refractivity contribution in [1.29, 1.82) is 0 Å². The van der Waals surface area contributed by atoms with Crippen LogP contribution in [-0.4, -0.2) is 23.0 Å². The lowest BCUT2D eigenvalue weighted by atomic mass is 10.1. The molecule has 0 saturated carbocycles. The second kappa shape index (κ2) is 5.90. The number of sulfonamides is 1. The predicted molar refractivity (Wildman–Crippen MR) is 85.4 cm³/mol. The van der Waals surface area contributed by atoms with E-state index in [4.69, 9.17) is 0 Å². The van der Waals surface area contributed by atoms with Crippen LogP contribution in [0, 0.1) is 0 Å². The summed E-state index contributed by atoms with van der Waals surface area (Å²) in [5, 5.41) is 0.325. The average molecular weight is 334 g/mol. The molecule has 8 heteroatoms. The maximum atomic E-state index is 12.2. The summed E-state index contributed by atoms with van der Waals surface area (Å²) in [5.41, 5.74) is 1.16. The van der Waals surface area contributed by atoms with E-state index in [1.54, 1.807) is 17.8 Å². The SMILES string of the molecule is Cn1cnc(S(=O)(=O)Nc2ncc(Cc3ccccc3)s2)c1. The Labute approximate surface area is 132 Å². The zero-order chi connectivity index (χ0) is 15.6. The molecule has 6 nitrogen and oxygen atoms in total. The molecule has 0 amide bonds. The molecule has 0 saturated heterocycles. The minimum atomic E-state index is -3.69. The number of aromatic nitrogens is 3. The minimum absolute atomic E-state index is 0.0187. The van der Waals surface area contributed by atoms with E-state index in [9.17, 15) is 8.42 Å². The van der Waals surface area contributed by atoms with Crippen molar-refractivity contribution >= 4 is 26.5 Å². The fourth-order valence-corrected chi connectivity index (χ4v) is 4.00. The molecule has 0 atom stereocenters. The van der Waals surface area contributed by atoms with Gasteiger partial charge >= 0.3 is 0 Å². The quantitative estimate of drug-likeness (QED) is 0.776. The normalized spacial score (nSPS) is 11.5. The zero-order valence-corrected chi connectivity index (χ0v) is 13.4. The average Bonchev–Trinajstić information content (AvgIpc) is 3.09. The lowest BCUT2D eigenvalue weighted by Crippen LogP contribution is -2.13. The van der Waals surface area contributed by atoms with Gasteiger partial charge in [0.2, 0.25) is 0 Å². The number of hydrogen-bond donors (Lipinski definition) is 1. The third-order valence-corrected chi connectivity index (χ3v) is 5.22. The molecule has 0 unspecified atom stereocenters. The fraction of sp³-hybridized carbons (Fsp3) is 0.143. The van der Waals surface area contributed by atoms with E-state index in [0.29, 0.717) is 5.13 Å². The summed E-state index contributed by atoms with van der Waals surface area (Å²) in [6.07, 6.45) is 5.30. The molecular formula is C14H14N4O2S2. The van der Waals surface area contributed by atoms with Crippen LogP contribution in [0.25, 0.3) is 0 Å². The van der Waals surface area contributed by atoms with Crippen LogP contribution in [0.4, 0.5) is 5.13 Å². The highest BCUT2D eigenvalue weighted by molar-refractivity contribution is 7.92. The number of nitrogens with one attached hydrogen (secondary N) is 1. The van der Waals surface area contributed by atoms with Gasteiger partial charge in [0.05, 0.1) is 6.33 Å². The van der Waals surface area contributed by atoms with Gasteiger partial charge in [0.15, 0.2) is 10.2 Å². The molecule has 1 aromatic carbocycles. The monoisotopic (exact) mass is 334 g/mol. The summed E-state index contributed by atoms with van der Waals surface area (Å²) in [6, 6.07) is 9.96. The number of thiazole rings is 1. The molecule has 0 aliphatic rings. The smallest absolute Gasteiger partial charge is 0.282 e. The standard InChI is InChI=1S/C14H14N4O2S2/c1-18-9-13(16-10-18)22(19,20)17-14-15-8-12(21-14)7-11-5-3-2-4-6-11/h2-6,8-10H,7H2,1H3,(H,15,17). The first-order valence-corrected chi connectivity index (χ1v) is 8.82. The third kappa shape index (κ3) is 3.34. The first-order valence-electron chi connectivity index (χ1n) is 6.52. The van der Waals surface area contributed by atoms with Crippen LogP contribution in [0.1, 0.15) is 10.4 Å². The Bertz CT molecular complexity index is 869. The second-order valence-electron chi connectivity index (χ2n) is 4.78. The number of aryl methyl sites for hydroxylation is 1. The number of anilines is 1. The highest BCUT2D eigenvalue weighted by Crippen LogP contribution is 2.23. The largest absolute Gasteiger partial charge is 0.339 e. The van der Waals surface area contributed by atoms with Crippen molar-refractivity contribution in [3.05, 3.63) is 59.5 Å². The van der Waals surface area contributed by atoms with Crippen LogP contribution >= 0.6 is 11.3 Å². The molecule has 22 heavy (non-hydrogen) atoms. The number of nitrogens with zero attached hydrogens (tertiary/aromatic N) is 3. The molecule has 0 fully saturated rings. The van der Waals surface area contributed by atoms with Gasteiger partial charge in [0, 0.05) is 30.7 Å². The zero-order valence-electron chi connectivity index (χ0n) is 11.8. The number of imidazole rings is 1. The second-order valence-corrected chi connectivity index (χ2v) is 7.52. The van der Waals surface area contributed by atoms with Crippen LogP contribution in [0.15, 0.2) is 54.1 Å². The van der Waals surface area contributed by atoms with Crippen molar-refractivity contribution < 1.29 is 8.42 Å². The van der Waals surface area contributed by atoms with Gasteiger partial charge in [-0.1, -0.05) is 30.3 Å². The number of hydrogen-bond acceptors (Lipinski definition) is 5. The Hall–Kier alpha value is -2.19. The molecule has 0 radical (unpaired) electrons. The van der Waals surface area contributed by atoms with E-state index in [2.05, 4.69) is 14.7 Å². The molecule has 1 N–H and O–H groups in total. The fourth-order valence-electron chi connectivity index (χ4n) is 1.93. The van der Waals surface area contributed by atoms with Gasteiger partial charge in [-0.3, -0.25) is 4.72 Å². The summed E-state index contributed by atoms with van der Waals surface area (Å²) in [7, 11) is -1.97. The summed E-state index contributed by atoms with van der Waals surface area (Å²) in [5.74, 6) is 0. The van der Waals surface area contributed by atoms with Gasteiger partial charge in [-0.05, 0) is 5.56 Å². The van der Waals surface area contributed by atoms with Crippen LogP contribution in [0.3, 0.4) is 0 Å². The molecule has 0 bridgehead atoms. The molecule has 2 heterocycles. The number of rotatable bonds is 5. The van der Waals surface area contributed by atoms with Gasteiger partial charge in [-0.2, -0.15) is 8.42 Å². The van der Waals surface area contributed by atoms with Gasteiger partial charge < -0.3 is 4.57 Å². The van der Waals surface area contributed by atoms with Crippen molar-refractivity contribution in [2.75, 3.05) is 4.72 Å². The topological polar surface area (TPSA) is 76.9 Å². The van der Waals surface area contributed by atoms with Crippen LogP contribution < -0.4 is 4.72 Å². The van der Waals surface area contributed by atoms with E-state index >= 15 is 0 Å². The van der Waals surface area contributed by atoms with Crippen LogP contribution in [0.2, 0.25) is 0 Å². The lowest BCUT2D eigenvalue weighted by molar-refractivity contribution is 0.598. The van der Waals surface area contributed by atoms with Crippen molar-refractivity contribution in [3.8, 4) is 0 Å². The van der Waals surface area contributed by atoms with Crippen molar-refractivity contribution in [2.45, 2.75) is 11.4 Å². The third-order valence-electron chi connectivity index (χ3n) is 2.95. The Kier molecular flexibility index (Phi) is 3.95. The van der Waals surface area contributed by atoms with Crippen molar-refractivity contribution in [3.63, 3.8) is 0 Å². The van der Waals surface area contributed by atoms with Crippen molar-refractivity contribution in [1.82, 2.24) is 14.5 Å². The Balaban J connectivity index is 1.74. The minimum Gasteiger partial charge on any atom is -0.339 e. The molecule has 0 aliphatic heterocycles. The van der Waals surface area contributed by atoms with E-state index in [0.717, 1.165) is 16.9 Å². The van der Waals surface area contributed by atoms with Gasteiger partial charge in [-0.15, -0.1) is 11.3 Å². The van der Waals surface area contributed by atoms with Crippen LogP contribution in [-0.2, 0) is 23.5 Å². The highest BCUT2D eigenvalue weighted by atomic mass is 32.2. The predicted octanol–water partition coefficient (Wildman–Crippen LogP) is 2.27. The molecular weight excluding hydrogens is 320 g/mol. The highest BCUT2D eigenvalue weighted by Gasteiger charge is 2.18. The lowest BCUT2D eigenvalue weighted by Gasteiger charge is -2.01. The first-order chi connectivity index (χ1) is 10.5. The molecule has 2 aromatic heterocycles. The molecule has 3 aromatic rings. The first kappa shape index (κ1) is 14.7. The maximum Gasteiger partial charge on any atom is 0.282 e. The van der Waals surface area contributed by atoms with Crippen LogP contribution in [0.5, 0.6) is 0 Å². The summed E-state index contributed by atoms with van der Waals surface area (Å²) in [6.45, 7) is 0. The summed E-state index contributed by atoms with van der Waals surface area (Å²) in [4.78, 5) is 8.96. The molecule has 114 valence electrons. The Morgan fingerprint density at radius 1 is 1.23 bits per heavy atom. The Morgan fingerprint density at radius 3 is 2.68 bits per heavy atom. The van der Waals surface area contributed by atoms with Crippen molar-refractivity contribution in [2.24, 2.45) is 7.05 Å². The van der Waals surface area contributed by atoms with E-state index < -0.39 is 10.0 Å². The molecule has 0 spiro atoms. The van der Waals surface area contributed by atoms with Gasteiger partial charge in [-0.25, -0.2) is 9.97 Å². The Morgan fingerprint density at radius 2 is 2.00 bits per heavy atom. The number of benzene rings is 1. The van der Waals surface area contributed by atoms with Gasteiger partial charge in [0.25, 0.3) is 10.0 Å².